The van der Waals surface area contributed by atoms with Crippen molar-refractivity contribution >= 4 is 5.91 Å². The molecule has 1 aliphatic heterocycles. The predicted octanol–water partition coefficient (Wildman–Crippen LogP) is 0.182. The summed E-state index contributed by atoms with van der Waals surface area (Å²) in [7, 11) is 0. The van der Waals surface area contributed by atoms with Gasteiger partial charge in [-0.2, -0.15) is 0 Å². The minimum Gasteiger partial charge on any atom is -0.340 e. The highest BCUT2D eigenvalue weighted by atomic mass is 16.2. The van der Waals surface area contributed by atoms with Crippen LogP contribution in [-0.2, 0) is 4.79 Å². The molecule has 0 saturated carbocycles. The van der Waals surface area contributed by atoms with Crippen molar-refractivity contribution in [3.05, 3.63) is 0 Å². The zero-order chi connectivity index (χ0) is 11.3. The van der Waals surface area contributed by atoms with E-state index in [1.807, 2.05) is 11.8 Å². The highest BCUT2D eigenvalue weighted by Crippen LogP contribution is 2.09. The molecule has 4 nitrogen and oxygen atoms in total. The van der Waals surface area contributed by atoms with E-state index in [9.17, 15) is 4.79 Å². The van der Waals surface area contributed by atoms with E-state index in [0.717, 1.165) is 39.0 Å². The topological polar surface area (TPSA) is 58.4 Å². The molecule has 3 N–H and O–H groups in total. The van der Waals surface area contributed by atoms with E-state index >= 15 is 0 Å². The Balaban J connectivity index is 2.49. The maximum atomic E-state index is 12.0. The van der Waals surface area contributed by atoms with Crippen molar-refractivity contribution in [1.29, 1.82) is 0 Å². The van der Waals surface area contributed by atoms with Gasteiger partial charge in [-0.05, 0) is 18.9 Å². The van der Waals surface area contributed by atoms with Gasteiger partial charge in [-0.1, -0.05) is 20.3 Å². The summed E-state index contributed by atoms with van der Waals surface area (Å²) < 4.78 is 0. The van der Waals surface area contributed by atoms with Gasteiger partial charge < -0.3 is 16.0 Å². The Kier molecular flexibility index (Phi) is 5.05. The lowest BCUT2D eigenvalue weighted by molar-refractivity contribution is -0.133. The lowest BCUT2D eigenvalue weighted by atomic mass is 9.99. The van der Waals surface area contributed by atoms with Gasteiger partial charge in [-0.15, -0.1) is 0 Å². The van der Waals surface area contributed by atoms with Gasteiger partial charge in [0.15, 0.2) is 0 Å². The molecule has 15 heavy (non-hydrogen) atoms. The van der Waals surface area contributed by atoms with E-state index in [0.29, 0.717) is 0 Å². The first kappa shape index (κ1) is 12.5. The first-order chi connectivity index (χ1) is 7.16. The van der Waals surface area contributed by atoms with Crippen LogP contribution in [0.2, 0.25) is 0 Å². The molecule has 1 saturated heterocycles. The molecule has 1 heterocycles. The lowest BCUT2D eigenvalue weighted by Crippen LogP contribution is -2.48. The zero-order valence-electron chi connectivity index (χ0n) is 9.83. The van der Waals surface area contributed by atoms with Gasteiger partial charge in [0.05, 0.1) is 6.04 Å². The number of nitrogens with one attached hydrogen (secondary N) is 1. The van der Waals surface area contributed by atoms with Gasteiger partial charge in [0.1, 0.15) is 0 Å². The third kappa shape index (κ3) is 3.47. The summed E-state index contributed by atoms with van der Waals surface area (Å²) in [6.45, 7) is 7.64. The Labute approximate surface area is 92.2 Å². The fraction of sp³-hybridized carbons (Fsp3) is 0.909. The fourth-order valence-electron chi connectivity index (χ4n) is 1.77. The Morgan fingerprint density at radius 3 is 2.87 bits per heavy atom. The average molecular weight is 213 g/mol. The number of carbonyl (C=O) groups is 1. The summed E-state index contributed by atoms with van der Waals surface area (Å²) in [4.78, 5) is 13.9. The van der Waals surface area contributed by atoms with Gasteiger partial charge in [-0.25, -0.2) is 0 Å². The molecule has 88 valence electrons. The van der Waals surface area contributed by atoms with Crippen LogP contribution in [0.1, 0.15) is 26.7 Å². The Morgan fingerprint density at radius 1 is 1.47 bits per heavy atom. The van der Waals surface area contributed by atoms with Crippen LogP contribution in [-0.4, -0.2) is 43.0 Å². The van der Waals surface area contributed by atoms with Gasteiger partial charge in [0.25, 0.3) is 0 Å². The lowest BCUT2D eigenvalue weighted by Gasteiger charge is -2.26. The van der Waals surface area contributed by atoms with Crippen LogP contribution in [0.25, 0.3) is 0 Å². The monoisotopic (exact) mass is 213 g/mol. The van der Waals surface area contributed by atoms with Crippen LogP contribution < -0.4 is 11.1 Å². The molecule has 0 bridgehead atoms. The van der Waals surface area contributed by atoms with E-state index in [1.54, 1.807) is 0 Å². The van der Waals surface area contributed by atoms with Crippen LogP contribution in [0.15, 0.2) is 0 Å². The minimum atomic E-state index is -0.326. The van der Waals surface area contributed by atoms with Crippen molar-refractivity contribution in [1.82, 2.24) is 10.2 Å². The number of rotatable bonds is 3. The van der Waals surface area contributed by atoms with Gasteiger partial charge in [-0.3, -0.25) is 4.79 Å². The molecule has 1 amide bonds. The molecular weight excluding hydrogens is 190 g/mol. The molecule has 0 radical (unpaired) electrons. The minimum absolute atomic E-state index is 0.119. The molecule has 0 spiro atoms. The predicted molar refractivity (Wildman–Crippen MR) is 61.5 cm³/mol. The zero-order valence-corrected chi connectivity index (χ0v) is 9.83. The number of hydrogen-bond donors (Lipinski definition) is 2. The average Bonchev–Trinajstić information content (AvgIpc) is 2.54. The summed E-state index contributed by atoms with van der Waals surface area (Å²) in [5, 5.41) is 3.28. The number of carbonyl (C=O) groups excluding carboxylic acids is 1. The van der Waals surface area contributed by atoms with E-state index in [1.165, 1.54) is 0 Å². The quantitative estimate of drug-likeness (QED) is 0.703. The van der Waals surface area contributed by atoms with E-state index in [2.05, 4.69) is 12.2 Å². The maximum Gasteiger partial charge on any atom is 0.239 e. The Bertz CT molecular complexity index is 200. The molecule has 2 atom stereocenters. The van der Waals surface area contributed by atoms with Crippen molar-refractivity contribution in [3.8, 4) is 0 Å². The Morgan fingerprint density at radius 2 is 2.20 bits per heavy atom. The number of nitrogens with zero attached hydrogens (tertiary/aromatic N) is 1. The number of amides is 1. The molecule has 0 aromatic rings. The fourth-order valence-corrected chi connectivity index (χ4v) is 1.77. The van der Waals surface area contributed by atoms with E-state index in [-0.39, 0.29) is 17.9 Å². The van der Waals surface area contributed by atoms with Crippen molar-refractivity contribution in [2.24, 2.45) is 11.7 Å². The summed E-state index contributed by atoms with van der Waals surface area (Å²) in [5.74, 6) is 0.391. The van der Waals surface area contributed by atoms with Crippen LogP contribution in [0, 0.1) is 5.92 Å². The Hall–Kier alpha value is -0.610. The summed E-state index contributed by atoms with van der Waals surface area (Å²) in [6, 6.07) is -0.326. The van der Waals surface area contributed by atoms with Crippen molar-refractivity contribution < 1.29 is 4.79 Å². The van der Waals surface area contributed by atoms with Crippen LogP contribution in [0.4, 0.5) is 0 Å². The third-order valence-electron chi connectivity index (χ3n) is 3.19. The molecule has 1 aliphatic rings. The number of nitrogens with two attached hydrogens (primary N) is 1. The number of hydrogen-bond acceptors (Lipinski definition) is 3. The maximum absolute atomic E-state index is 12.0. The van der Waals surface area contributed by atoms with Crippen LogP contribution in [0.5, 0.6) is 0 Å². The first-order valence-electron chi connectivity index (χ1n) is 5.92. The van der Waals surface area contributed by atoms with Gasteiger partial charge in [0, 0.05) is 19.6 Å². The molecule has 1 fully saturated rings. The van der Waals surface area contributed by atoms with Crippen LogP contribution in [0.3, 0.4) is 0 Å². The van der Waals surface area contributed by atoms with Gasteiger partial charge >= 0.3 is 0 Å². The van der Waals surface area contributed by atoms with E-state index in [4.69, 9.17) is 5.73 Å². The molecule has 0 aliphatic carbocycles. The largest absolute Gasteiger partial charge is 0.340 e. The standard InChI is InChI=1S/C11H23N3O/c1-3-9(2)10(12)11(15)14-7-4-5-13-6-8-14/h9-10,13H,3-8,12H2,1-2H3/t9-,10-/m0/s1. The van der Waals surface area contributed by atoms with E-state index < -0.39 is 0 Å². The molecule has 0 unspecified atom stereocenters. The summed E-state index contributed by atoms with van der Waals surface area (Å²) >= 11 is 0. The smallest absolute Gasteiger partial charge is 0.239 e. The highest BCUT2D eigenvalue weighted by molar-refractivity contribution is 5.82. The van der Waals surface area contributed by atoms with Crippen molar-refractivity contribution in [2.45, 2.75) is 32.7 Å². The normalized spacial score (nSPS) is 21.9. The molecule has 0 aromatic carbocycles. The molecule has 4 heteroatoms. The van der Waals surface area contributed by atoms with Crippen molar-refractivity contribution in [3.63, 3.8) is 0 Å². The SMILES string of the molecule is CC[C@H](C)[C@H](N)C(=O)N1CCCNCC1. The molecule has 1 rings (SSSR count). The van der Waals surface area contributed by atoms with Crippen molar-refractivity contribution in [2.75, 3.05) is 26.2 Å². The highest BCUT2D eigenvalue weighted by Gasteiger charge is 2.25. The summed E-state index contributed by atoms with van der Waals surface area (Å²) in [5.41, 5.74) is 5.94. The summed E-state index contributed by atoms with van der Waals surface area (Å²) in [6.07, 6.45) is 1.98. The second-order valence-electron chi connectivity index (χ2n) is 4.34. The first-order valence-corrected chi connectivity index (χ1v) is 5.92. The van der Waals surface area contributed by atoms with Crippen LogP contribution >= 0.6 is 0 Å². The second kappa shape index (κ2) is 6.08. The molecular formula is C11H23N3O. The molecule has 0 aromatic heterocycles. The van der Waals surface area contributed by atoms with Gasteiger partial charge in [0.2, 0.25) is 5.91 Å². The second-order valence-corrected chi connectivity index (χ2v) is 4.34. The third-order valence-corrected chi connectivity index (χ3v) is 3.19.